The fourth-order valence-electron chi connectivity index (χ4n) is 5.47. The Labute approximate surface area is 207 Å². The number of carbonyl (C=O) groups is 2. The summed E-state index contributed by atoms with van der Waals surface area (Å²) in [5.74, 6) is 0.148. The van der Waals surface area contributed by atoms with E-state index in [-0.39, 0.29) is 18.2 Å². The van der Waals surface area contributed by atoms with Crippen LogP contribution in [-0.4, -0.2) is 68.5 Å². The molecule has 0 spiro atoms. The van der Waals surface area contributed by atoms with Crippen LogP contribution in [0.25, 0.3) is 10.9 Å². The lowest BCUT2D eigenvalue weighted by atomic mass is 10.00. The van der Waals surface area contributed by atoms with Crippen LogP contribution in [0.3, 0.4) is 0 Å². The van der Waals surface area contributed by atoms with Crippen LogP contribution < -0.4 is 0 Å². The molecule has 2 aliphatic heterocycles. The molecule has 0 unspecified atom stereocenters. The molecule has 2 aliphatic rings. The predicted octanol–water partition coefficient (Wildman–Crippen LogP) is 3.81. The standard InChI is InChI=1S/C28H35N5O2/c1-3-23-7-6-8-25(29-23)27(34)17-21-16-22-18-33(30-26(22)15-20(21)2)19-28(35)32-13-9-24(10-14-32)31-11-4-5-12-31/h6-8,15-16,18,24H,3-5,9-14,17,19H2,1-2H3. The van der Waals surface area contributed by atoms with Crippen molar-refractivity contribution in [3.63, 3.8) is 0 Å². The third-order valence-electron chi connectivity index (χ3n) is 7.59. The summed E-state index contributed by atoms with van der Waals surface area (Å²) in [6, 6.07) is 10.3. The summed E-state index contributed by atoms with van der Waals surface area (Å²) in [7, 11) is 0. The molecule has 0 bridgehead atoms. The Hall–Kier alpha value is -3.06. The summed E-state index contributed by atoms with van der Waals surface area (Å²) in [5.41, 5.74) is 4.29. The number of amides is 1. The summed E-state index contributed by atoms with van der Waals surface area (Å²) >= 11 is 0. The molecule has 0 N–H and O–H groups in total. The number of rotatable bonds is 7. The van der Waals surface area contributed by atoms with Gasteiger partial charge in [-0.15, -0.1) is 0 Å². The summed E-state index contributed by atoms with van der Waals surface area (Å²) < 4.78 is 1.75. The number of aromatic nitrogens is 3. The van der Waals surface area contributed by atoms with E-state index in [9.17, 15) is 9.59 Å². The lowest BCUT2D eigenvalue weighted by Crippen LogP contribution is -2.46. The maximum Gasteiger partial charge on any atom is 0.244 e. The van der Waals surface area contributed by atoms with Crippen LogP contribution in [0, 0.1) is 6.92 Å². The molecule has 1 amide bonds. The first-order chi connectivity index (χ1) is 17.0. The van der Waals surface area contributed by atoms with Crippen molar-refractivity contribution in [2.24, 2.45) is 0 Å². The molecule has 7 heteroatoms. The van der Waals surface area contributed by atoms with Crippen LogP contribution >= 0.6 is 0 Å². The number of pyridine rings is 1. The Morgan fingerprint density at radius 1 is 1.06 bits per heavy atom. The average Bonchev–Trinajstić information content (AvgIpc) is 3.54. The van der Waals surface area contributed by atoms with E-state index in [0.29, 0.717) is 18.2 Å². The third kappa shape index (κ3) is 5.30. The van der Waals surface area contributed by atoms with Crippen LogP contribution in [0.5, 0.6) is 0 Å². The summed E-state index contributed by atoms with van der Waals surface area (Å²) in [6.07, 6.45) is 7.79. The Morgan fingerprint density at radius 3 is 2.57 bits per heavy atom. The zero-order valence-electron chi connectivity index (χ0n) is 20.9. The molecule has 3 aromatic rings. The average molecular weight is 474 g/mol. The number of hydrogen-bond donors (Lipinski definition) is 0. The second-order valence-electron chi connectivity index (χ2n) is 9.99. The molecule has 0 radical (unpaired) electrons. The molecule has 1 aromatic carbocycles. The summed E-state index contributed by atoms with van der Waals surface area (Å²) in [5, 5.41) is 5.60. The number of carbonyl (C=O) groups excluding carboxylic acids is 2. The molecule has 2 aromatic heterocycles. The molecule has 0 atom stereocenters. The van der Waals surface area contributed by atoms with E-state index in [4.69, 9.17) is 0 Å². The highest BCUT2D eigenvalue weighted by atomic mass is 16.2. The van der Waals surface area contributed by atoms with E-state index < -0.39 is 0 Å². The van der Waals surface area contributed by atoms with Gasteiger partial charge in [-0.25, -0.2) is 4.98 Å². The lowest BCUT2D eigenvalue weighted by Gasteiger charge is -2.36. The number of ketones is 1. The monoisotopic (exact) mass is 473 g/mol. The summed E-state index contributed by atoms with van der Waals surface area (Å²) in [6.45, 7) is 8.39. The van der Waals surface area contributed by atoms with Gasteiger partial charge in [0.15, 0.2) is 5.78 Å². The third-order valence-corrected chi connectivity index (χ3v) is 7.59. The van der Waals surface area contributed by atoms with Crippen LogP contribution in [0.1, 0.15) is 59.9 Å². The first-order valence-electron chi connectivity index (χ1n) is 13.0. The summed E-state index contributed by atoms with van der Waals surface area (Å²) in [4.78, 5) is 34.9. The molecule has 0 saturated carbocycles. The lowest BCUT2D eigenvalue weighted by molar-refractivity contribution is -0.133. The number of piperidine rings is 1. The van der Waals surface area contributed by atoms with E-state index in [1.807, 2.05) is 49.2 Å². The zero-order chi connectivity index (χ0) is 24.4. The molecule has 0 aliphatic carbocycles. The quantitative estimate of drug-likeness (QED) is 0.488. The molecule has 7 nitrogen and oxygen atoms in total. The van der Waals surface area contributed by atoms with Crippen molar-refractivity contribution in [2.75, 3.05) is 26.2 Å². The van der Waals surface area contributed by atoms with Gasteiger partial charge in [-0.1, -0.05) is 13.0 Å². The number of hydrogen-bond acceptors (Lipinski definition) is 5. The van der Waals surface area contributed by atoms with Gasteiger partial charge < -0.3 is 9.80 Å². The van der Waals surface area contributed by atoms with Crippen molar-refractivity contribution in [1.29, 1.82) is 0 Å². The van der Waals surface area contributed by atoms with Crippen molar-refractivity contribution in [3.05, 3.63) is 59.0 Å². The Bertz CT molecular complexity index is 1220. The number of likely N-dealkylation sites (tertiary alicyclic amines) is 2. The smallest absolute Gasteiger partial charge is 0.244 e. The van der Waals surface area contributed by atoms with E-state index in [2.05, 4.69) is 15.0 Å². The number of nitrogens with zero attached hydrogens (tertiary/aromatic N) is 5. The van der Waals surface area contributed by atoms with Crippen molar-refractivity contribution in [3.8, 4) is 0 Å². The second-order valence-corrected chi connectivity index (χ2v) is 9.99. The molecule has 184 valence electrons. The van der Waals surface area contributed by atoms with Crippen molar-refractivity contribution in [1.82, 2.24) is 24.6 Å². The van der Waals surface area contributed by atoms with Gasteiger partial charge in [-0.3, -0.25) is 14.3 Å². The van der Waals surface area contributed by atoms with Crippen LogP contribution in [0.15, 0.2) is 36.5 Å². The number of Topliss-reactive ketones (excluding diaryl/α,β-unsaturated/α-hetero) is 1. The zero-order valence-corrected chi connectivity index (χ0v) is 20.9. The second kappa shape index (κ2) is 10.3. The number of fused-ring (bicyclic) bond motifs is 1. The molecule has 5 rings (SSSR count). The van der Waals surface area contributed by atoms with E-state index in [1.165, 1.54) is 25.9 Å². The Kier molecular flexibility index (Phi) is 6.95. The normalized spacial score (nSPS) is 17.4. The topological polar surface area (TPSA) is 71.3 Å². The minimum Gasteiger partial charge on any atom is -0.341 e. The minimum atomic E-state index is 0.0163. The van der Waals surface area contributed by atoms with Gasteiger partial charge >= 0.3 is 0 Å². The molecule has 4 heterocycles. The Morgan fingerprint density at radius 2 is 1.83 bits per heavy atom. The van der Waals surface area contributed by atoms with Crippen molar-refractivity contribution in [2.45, 2.75) is 65.0 Å². The van der Waals surface area contributed by atoms with Gasteiger partial charge in [0.2, 0.25) is 5.91 Å². The maximum atomic E-state index is 13.0. The molecule has 2 fully saturated rings. The van der Waals surface area contributed by atoms with Crippen LogP contribution in [-0.2, 0) is 24.2 Å². The highest BCUT2D eigenvalue weighted by Crippen LogP contribution is 2.23. The fourth-order valence-corrected chi connectivity index (χ4v) is 5.47. The SMILES string of the molecule is CCc1cccc(C(=O)Cc2cc3cn(CC(=O)N4CCC(N5CCCC5)CC4)nc3cc2C)n1. The maximum absolute atomic E-state index is 13.0. The van der Waals surface area contributed by atoms with E-state index >= 15 is 0 Å². The van der Waals surface area contributed by atoms with Gasteiger partial charge in [-0.2, -0.15) is 5.10 Å². The van der Waals surface area contributed by atoms with Gasteiger partial charge in [0.1, 0.15) is 12.2 Å². The molecule has 2 saturated heterocycles. The highest BCUT2D eigenvalue weighted by molar-refractivity contribution is 5.96. The van der Waals surface area contributed by atoms with Gasteiger partial charge in [0, 0.05) is 42.8 Å². The minimum absolute atomic E-state index is 0.0163. The van der Waals surface area contributed by atoms with E-state index in [0.717, 1.165) is 60.1 Å². The van der Waals surface area contributed by atoms with Gasteiger partial charge in [0.05, 0.1) is 5.52 Å². The molecule has 35 heavy (non-hydrogen) atoms. The van der Waals surface area contributed by atoms with Crippen LogP contribution in [0.2, 0.25) is 0 Å². The molecular formula is C28H35N5O2. The van der Waals surface area contributed by atoms with Crippen molar-refractivity contribution >= 4 is 22.6 Å². The fraction of sp³-hybridized carbons (Fsp3) is 0.500. The Balaban J connectivity index is 1.23. The highest BCUT2D eigenvalue weighted by Gasteiger charge is 2.28. The van der Waals surface area contributed by atoms with Crippen LogP contribution in [0.4, 0.5) is 0 Å². The molecular weight excluding hydrogens is 438 g/mol. The first kappa shape index (κ1) is 23.7. The number of benzene rings is 1. The predicted molar refractivity (Wildman–Crippen MR) is 137 cm³/mol. The van der Waals surface area contributed by atoms with Gasteiger partial charge in [-0.05, 0) is 87.5 Å². The van der Waals surface area contributed by atoms with E-state index in [1.54, 1.807) is 10.7 Å². The largest absolute Gasteiger partial charge is 0.341 e. The number of aryl methyl sites for hydroxylation is 2. The van der Waals surface area contributed by atoms with Gasteiger partial charge in [0.25, 0.3) is 0 Å². The van der Waals surface area contributed by atoms with Crippen molar-refractivity contribution < 1.29 is 9.59 Å². The first-order valence-corrected chi connectivity index (χ1v) is 13.0.